The fraction of sp³-hybridized carbons (Fsp3) is 0.289. The summed E-state index contributed by atoms with van der Waals surface area (Å²) in [5, 5.41) is 9.56. The number of carbonyl (C=O) groups excluding carboxylic acids is 5. The van der Waals surface area contributed by atoms with Crippen molar-refractivity contribution < 1.29 is 28.7 Å². The van der Waals surface area contributed by atoms with Gasteiger partial charge in [-0.3, -0.25) is 24.0 Å². The van der Waals surface area contributed by atoms with Crippen LogP contribution in [0.5, 0.6) is 0 Å². The molecular weight excluding hydrogens is 622 g/mol. The second-order valence-electron chi connectivity index (χ2n) is 12.4. The Morgan fingerprint density at radius 1 is 0.755 bits per heavy atom. The van der Waals surface area contributed by atoms with Gasteiger partial charge in [0, 0.05) is 42.8 Å². The summed E-state index contributed by atoms with van der Waals surface area (Å²) in [6.45, 7) is -0.0806. The molecule has 2 fully saturated rings. The molecule has 11 nitrogen and oxygen atoms in total. The minimum atomic E-state index is -1.09. The van der Waals surface area contributed by atoms with Gasteiger partial charge in [-0.15, -0.1) is 6.42 Å². The summed E-state index contributed by atoms with van der Waals surface area (Å²) in [7, 11) is 0. The number of carbonyl (C=O) groups is 5. The van der Waals surface area contributed by atoms with Gasteiger partial charge in [-0.05, 0) is 22.8 Å². The van der Waals surface area contributed by atoms with Crippen LogP contribution in [0.1, 0.15) is 29.5 Å². The van der Waals surface area contributed by atoms with Gasteiger partial charge in [-0.1, -0.05) is 84.8 Å². The summed E-state index contributed by atoms with van der Waals surface area (Å²) < 4.78 is 5.54. The zero-order valence-corrected chi connectivity index (χ0v) is 26.8. The number of aromatic nitrogens is 1. The number of esters is 1. The van der Waals surface area contributed by atoms with E-state index < -0.39 is 59.9 Å². The lowest BCUT2D eigenvalue weighted by Crippen LogP contribution is -2.62. The summed E-state index contributed by atoms with van der Waals surface area (Å²) in [5.41, 5.74) is 3.25. The molecule has 4 aromatic rings. The number of para-hydroxylation sites is 1. The smallest absolute Gasteiger partial charge is 0.318 e. The summed E-state index contributed by atoms with van der Waals surface area (Å²) in [5.74, 6) is -0.578. The van der Waals surface area contributed by atoms with Crippen molar-refractivity contribution in [3.8, 4) is 12.3 Å². The van der Waals surface area contributed by atoms with Crippen molar-refractivity contribution in [3.05, 3.63) is 108 Å². The number of benzene rings is 3. The zero-order chi connectivity index (χ0) is 34.3. The molecule has 3 aromatic carbocycles. The molecule has 0 spiro atoms. The molecule has 5 atom stereocenters. The number of ether oxygens (including phenoxy) is 1. The van der Waals surface area contributed by atoms with Crippen LogP contribution < -0.4 is 16.0 Å². The van der Waals surface area contributed by atoms with E-state index in [9.17, 15) is 24.0 Å². The molecule has 4 amide bonds. The van der Waals surface area contributed by atoms with Crippen LogP contribution in [0.4, 0.5) is 0 Å². The van der Waals surface area contributed by atoms with Crippen LogP contribution in [-0.2, 0) is 48.0 Å². The minimum Gasteiger partial charge on any atom is -0.460 e. The molecule has 1 aromatic heterocycles. The third-order valence-electron chi connectivity index (χ3n) is 8.94. The lowest BCUT2D eigenvalue weighted by molar-refractivity contribution is -0.148. The number of hydrogen-bond donors (Lipinski definition) is 4. The molecule has 0 radical (unpaired) electrons. The van der Waals surface area contributed by atoms with Crippen molar-refractivity contribution in [1.82, 2.24) is 25.8 Å². The molecular formula is C38H37N5O6. The number of hydrogen-bond acceptors (Lipinski definition) is 6. The van der Waals surface area contributed by atoms with E-state index in [-0.39, 0.29) is 38.6 Å². The van der Waals surface area contributed by atoms with E-state index in [0.29, 0.717) is 0 Å². The van der Waals surface area contributed by atoms with Crippen molar-refractivity contribution in [2.24, 2.45) is 0 Å². The lowest BCUT2D eigenvalue weighted by Gasteiger charge is -2.32. The van der Waals surface area contributed by atoms with Gasteiger partial charge in [0.1, 0.15) is 36.7 Å². The summed E-state index contributed by atoms with van der Waals surface area (Å²) in [6, 6.07) is 21.7. The number of fused-ring (bicyclic) bond motifs is 2. The average Bonchev–Trinajstić information content (AvgIpc) is 3.72. The van der Waals surface area contributed by atoms with E-state index in [1.54, 1.807) is 6.20 Å². The van der Waals surface area contributed by atoms with Gasteiger partial charge >= 0.3 is 5.97 Å². The largest absolute Gasteiger partial charge is 0.460 e. The van der Waals surface area contributed by atoms with E-state index in [1.165, 1.54) is 4.90 Å². The number of nitrogens with one attached hydrogen (secondary N) is 4. The molecule has 4 N–H and O–H groups in total. The third-order valence-corrected chi connectivity index (χ3v) is 8.94. The van der Waals surface area contributed by atoms with Crippen LogP contribution in [0.2, 0.25) is 0 Å². The molecule has 49 heavy (non-hydrogen) atoms. The van der Waals surface area contributed by atoms with Gasteiger partial charge in [0.25, 0.3) is 0 Å². The topological polar surface area (TPSA) is 150 Å². The van der Waals surface area contributed by atoms with E-state index in [2.05, 4.69) is 26.9 Å². The number of aromatic amines is 1. The first-order chi connectivity index (χ1) is 23.8. The highest BCUT2D eigenvalue weighted by atomic mass is 16.5. The monoisotopic (exact) mass is 659 g/mol. The Balaban J connectivity index is 1.37. The normalized spacial score (nSPS) is 22.9. The first-order valence-electron chi connectivity index (χ1n) is 16.3. The molecule has 2 aliphatic heterocycles. The average molecular weight is 660 g/mol. The summed E-state index contributed by atoms with van der Waals surface area (Å²) in [4.78, 5) is 73.6. The molecule has 6 rings (SSSR count). The Kier molecular flexibility index (Phi) is 10.0. The highest BCUT2D eigenvalue weighted by Crippen LogP contribution is 2.25. The molecule has 3 heterocycles. The Hall–Kier alpha value is -5.89. The highest BCUT2D eigenvalue weighted by Gasteiger charge is 2.45. The summed E-state index contributed by atoms with van der Waals surface area (Å²) >= 11 is 0. The van der Waals surface area contributed by atoms with Crippen molar-refractivity contribution in [3.63, 3.8) is 0 Å². The van der Waals surface area contributed by atoms with E-state index in [4.69, 9.17) is 11.2 Å². The molecule has 11 heteroatoms. The van der Waals surface area contributed by atoms with Crippen LogP contribution in [0.15, 0.2) is 91.1 Å². The number of rotatable bonds is 8. The van der Waals surface area contributed by atoms with Crippen LogP contribution in [-0.4, -0.2) is 76.3 Å². The molecule has 250 valence electrons. The van der Waals surface area contributed by atoms with Crippen LogP contribution >= 0.6 is 0 Å². The second kappa shape index (κ2) is 14.9. The Labute approximate surface area is 283 Å². The fourth-order valence-electron chi connectivity index (χ4n) is 6.54. The van der Waals surface area contributed by atoms with Gasteiger partial charge in [0.05, 0.1) is 6.54 Å². The van der Waals surface area contributed by atoms with Gasteiger partial charge < -0.3 is 30.6 Å². The first-order valence-corrected chi connectivity index (χ1v) is 16.3. The fourth-order valence-corrected chi connectivity index (χ4v) is 6.54. The van der Waals surface area contributed by atoms with Crippen LogP contribution in [0.3, 0.4) is 0 Å². The Morgan fingerprint density at radius 2 is 1.33 bits per heavy atom. The molecule has 0 unspecified atom stereocenters. The lowest BCUT2D eigenvalue weighted by atomic mass is 9.99. The van der Waals surface area contributed by atoms with E-state index in [0.717, 1.165) is 27.6 Å². The molecule has 2 aliphatic rings. The number of amides is 4. The minimum absolute atomic E-state index is 0.00273. The Bertz CT molecular complexity index is 1880. The first kappa shape index (κ1) is 33.0. The van der Waals surface area contributed by atoms with Crippen LogP contribution in [0.25, 0.3) is 10.9 Å². The maximum Gasteiger partial charge on any atom is 0.318 e. The maximum absolute atomic E-state index is 14.4. The van der Waals surface area contributed by atoms with Gasteiger partial charge in [0.2, 0.25) is 23.6 Å². The maximum atomic E-state index is 14.4. The van der Waals surface area contributed by atoms with E-state index >= 15 is 0 Å². The SMILES string of the molecule is C#CCC(=O)O[C@@H]1C[C@@H]2C(=O)N[C@@H](Cc3ccccc3)C(=O)N[C@H](Cc3c[nH]c4ccccc34)C(=O)N[C@@H](Cc3ccccc3)C(=O)N2C1. The highest BCUT2D eigenvalue weighted by molar-refractivity contribution is 5.98. The predicted octanol–water partition coefficient (Wildman–Crippen LogP) is 2.20. The third kappa shape index (κ3) is 7.81. The Morgan fingerprint density at radius 3 is 2.00 bits per heavy atom. The second-order valence-corrected chi connectivity index (χ2v) is 12.4. The van der Waals surface area contributed by atoms with Gasteiger partial charge in [-0.2, -0.15) is 0 Å². The van der Waals surface area contributed by atoms with Crippen molar-refractivity contribution in [1.29, 1.82) is 0 Å². The number of H-pyrrole nitrogens is 1. The van der Waals surface area contributed by atoms with E-state index in [1.807, 2.05) is 84.9 Å². The molecule has 2 saturated heterocycles. The van der Waals surface area contributed by atoms with Gasteiger partial charge in [-0.25, -0.2) is 0 Å². The van der Waals surface area contributed by atoms with Gasteiger partial charge in [0.15, 0.2) is 0 Å². The molecule has 0 saturated carbocycles. The number of terminal acetylenes is 1. The zero-order valence-electron chi connectivity index (χ0n) is 26.8. The summed E-state index contributed by atoms with van der Waals surface area (Å²) in [6.07, 6.45) is 6.41. The predicted molar refractivity (Wildman–Crippen MR) is 182 cm³/mol. The molecule has 0 bridgehead atoms. The van der Waals surface area contributed by atoms with Crippen LogP contribution in [0, 0.1) is 12.3 Å². The van der Waals surface area contributed by atoms with Crippen molar-refractivity contribution >= 4 is 40.5 Å². The van der Waals surface area contributed by atoms with Crippen molar-refractivity contribution in [2.75, 3.05) is 6.54 Å². The standard InChI is InChI=1S/C38H37N5O6/c1-2-11-34(44)49-27-21-33-37(47)41-30(18-24-12-5-3-6-13-24)35(45)40-31(20-26-22-39-29-17-10-9-16-28(26)29)36(46)42-32(38(48)43(33)23-27)19-25-14-7-4-8-15-25/h1,3-10,12-17,22,27,30-33,39H,11,18-21,23H2,(H,40,45)(H,41,47)(H,42,46)/t27-,30+,31-,32+,33-/m1/s1. The number of nitrogens with zero attached hydrogens (tertiary/aromatic N) is 1. The quantitative estimate of drug-likeness (QED) is 0.168. The van der Waals surface area contributed by atoms with Crippen molar-refractivity contribution in [2.45, 2.75) is 62.4 Å². The molecule has 0 aliphatic carbocycles.